The Morgan fingerprint density at radius 1 is 1.33 bits per heavy atom. The first kappa shape index (κ1) is 13.2. The second kappa shape index (κ2) is 5.28. The van der Waals surface area contributed by atoms with E-state index in [1.54, 1.807) is 7.11 Å². The number of benzene rings is 2. The van der Waals surface area contributed by atoms with Crippen LogP contribution in [0.25, 0.3) is 10.8 Å². The minimum Gasteiger partial charge on any atom is -0.497 e. The summed E-state index contributed by atoms with van der Waals surface area (Å²) in [4.78, 5) is 17.8. The molecule has 1 aromatic heterocycles. The van der Waals surface area contributed by atoms with Crippen molar-refractivity contribution in [2.75, 3.05) is 7.11 Å². The molecule has 1 heterocycles. The molecule has 3 rings (SSSR count). The van der Waals surface area contributed by atoms with Crippen LogP contribution in [0, 0.1) is 0 Å². The number of aromatic nitrogens is 2. The Bertz CT molecular complexity index is 808. The van der Waals surface area contributed by atoms with Crippen molar-refractivity contribution in [2.45, 2.75) is 6.42 Å². The lowest BCUT2D eigenvalue weighted by Crippen LogP contribution is -1.97. The standard InChI is InChI=1S/C16H14N2O3/c1-21-12-6-5-10-3-2-4-11(13(10)8-12)7-15-17-9-14(18-15)16(19)20/h2-6,8-9H,7H2,1H3,(H,17,18)(H,19,20). The Hall–Kier alpha value is -2.82. The molecule has 21 heavy (non-hydrogen) atoms. The van der Waals surface area contributed by atoms with Crippen LogP contribution in [0.15, 0.2) is 42.6 Å². The largest absolute Gasteiger partial charge is 0.497 e. The Morgan fingerprint density at radius 2 is 2.19 bits per heavy atom. The number of hydrogen-bond acceptors (Lipinski definition) is 3. The maximum Gasteiger partial charge on any atom is 0.353 e. The highest BCUT2D eigenvalue weighted by Gasteiger charge is 2.09. The topological polar surface area (TPSA) is 75.2 Å². The van der Waals surface area contributed by atoms with Crippen LogP contribution in [0.1, 0.15) is 21.9 Å². The fourth-order valence-corrected chi connectivity index (χ4v) is 2.34. The van der Waals surface area contributed by atoms with Gasteiger partial charge in [-0.25, -0.2) is 9.78 Å². The van der Waals surface area contributed by atoms with Gasteiger partial charge in [0, 0.05) is 6.42 Å². The summed E-state index contributed by atoms with van der Waals surface area (Å²) in [5, 5.41) is 11.1. The molecule has 0 aliphatic heterocycles. The number of rotatable bonds is 4. The fraction of sp³-hybridized carbons (Fsp3) is 0.125. The molecule has 0 aliphatic carbocycles. The van der Waals surface area contributed by atoms with Crippen molar-refractivity contribution in [1.82, 2.24) is 9.97 Å². The number of imidazole rings is 1. The second-order valence-corrected chi connectivity index (χ2v) is 4.73. The zero-order valence-electron chi connectivity index (χ0n) is 11.5. The third-order valence-corrected chi connectivity index (χ3v) is 3.40. The molecule has 0 bridgehead atoms. The molecule has 0 saturated heterocycles. The summed E-state index contributed by atoms with van der Waals surface area (Å²) < 4.78 is 5.26. The van der Waals surface area contributed by atoms with Crippen molar-refractivity contribution in [3.63, 3.8) is 0 Å². The van der Waals surface area contributed by atoms with Crippen molar-refractivity contribution in [3.05, 3.63) is 59.7 Å². The molecule has 5 nitrogen and oxygen atoms in total. The number of methoxy groups -OCH3 is 1. The Kier molecular flexibility index (Phi) is 3.31. The van der Waals surface area contributed by atoms with E-state index in [1.807, 2.05) is 36.4 Å². The van der Waals surface area contributed by atoms with Crippen molar-refractivity contribution < 1.29 is 14.6 Å². The first-order valence-corrected chi connectivity index (χ1v) is 6.50. The Labute approximate surface area is 121 Å². The number of H-pyrrole nitrogens is 1. The molecule has 0 saturated carbocycles. The number of nitrogens with one attached hydrogen (secondary N) is 1. The van der Waals surface area contributed by atoms with Gasteiger partial charge < -0.3 is 14.8 Å². The van der Waals surface area contributed by atoms with E-state index in [2.05, 4.69) is 9.97 Å². The van der Waals surface area contributed by atoms with Crippen LogP contribution in [0.4, 0.5) is 0 Å². The number of nitrogens with zero attached hydrogens (tertiary/aromatic N) is 1. The third kappa shape index (κ3) is 2.58. The number of fused-ring (bicyclic) bond motifs is 1. The van der Waals surface area contributed by atoms with Crippen molar-refractivity contribution >= 4 is 16.7 Å². The van der Waals surface area contributed by atoms with Gasteiger partial charge in [-0.2, -0.15) is 0 Å². The van der Waals surface area contributed by atoms with E-state index >= 15 is 0 Å². The summed E-state index contributed by atoms with van der Waals surface area (Å²) >= 11 is 0. The number of ether oxygens (including phenoxy) is 1. The molecule has 0 fully saturated rings. The molecule has 0 unspecified atom stereocenters. The lowest BCUT2D eigenvalue weighted by atomic mass is 10.0. The normalized spacial score (nSPS) is 10.7. The average molecular weight is 282 g/mol. The highest BCUT2D eigenvalue weighted by Crippen LogP contribution is 2.25. The zero-order valence-corrected chi connectivity index (χ0v) is 11.5. The summed E-state index contributed by atoms with van der Waals surface area (Å²) in [6, 6.07) is 11.9. The van der Waals surface area contributed by atoms with Crippen molar-refractivity contribution in [1.29, 1.82) is 0 Å². The quantitative estimate of drug-likeness (QED) is 0.771. The predicted molar refractivity (Wildman–Crippen MR) is 78.9 cm³/mol. The van der Waals surface area contributed by atoms with Crippen LogP contribution in [0.5, 0.6) is 5.75 Å². The van der Waals surface area contributed by atoms with Crippen molar-refractivity contribution in [2.24, 2.45) is 0 Å². The van der Waals surface area contributed by atoms with Gasteiger partial charge in [0.05, 0.1) is 13.3 Å². The van der Waals surface area contributed by atoms with E-state index in [1.165, 1.54) is 6.20 Å². The van der Waals surface area contributed by atoms with Gasteiger partial charge in [-0.3, -0.25) is 0 Å². The monoisotopic (exact) mass is 282 g/mol. The first-order chi connectivity index (χ1) is 10.2. The lowest BCUT2D eigenvalue weighted by Gasteiger charge is -2.07. The molecule has 0 radical (unpaired) electrons. The molecule has 5 heteroatoms. The minimum absolute atomic E-state index is 0.0998. The van der Waals surface area contributed by atoms with E-state index in [-0.39, 0.29) is 5.69 Å². The number of carboxylic acids is 1. The molecular formula is C16H14N2O3. The SMILES string of the molecule is COc1ccc2cccc(Cc3ncc(C(=O)O)[nH]3)c2c1. The Balaban J connectivity index is 2.00. The molecular weight excluding hydrogens is 268 g/mol. The second-order valence-electron chi connectivity index (χ2n) is 4.73. The summed E-state index contributed by atoms with van der Waals surface area (Å²) in [7, 11) is 1.63. The van der Waals surface area contributed by atoms with E-state index in [0.29, 0.717) is 12.2 Å². The summed E-state index contributed by atoms with van der Waals surface area (Å²) in [5.41, 5.74) is 1.17. The van der Waals surface area contributed by atoms with E-state index in [9.17, 15) is 4.79 Å². The maximum absolute atomic E-state index is 10.9. The number of aromatic amines is 1. The van der Waals surface area contributed by atoms with Crippen LogP contribution < -0.4 is 4.74 Å². The van der Waals surface area contributed by atoms with Crippen LogP contribution in [0.2, 0.25) is 0 Å². The molecule has 106 valence electrons. The van der Waals surface area contributed by atoms with E-state index in [0.717, 1.165) is 22.1 Å². The van der Waals surface area contributed by atoms with Gasteiger partial charge in [0.25, 0.3) is 0 Å². The van der Waals surface area contributed by atoms with Gasteiger partial charge in [0.15, 0.2) is 0 Å². The maximum atomic E-state index is 10.9. The molecule has 2 N–H and O–H groups in total. The van der Waals surface area contributed by atoms with E-state index < -0.39 is 5.97 Å². The van der Waals surface area contributed by atoms with Crippen molar-refractivity contribution in [3.8, 4) is 5.75 Å². The number of aromatic carboxylic acids is 1. The number of hydrogen-bond donors (Lipinski definition) is 2. The van der Waals surface area contributed by atoms with E-state index in [4.69, 9.17) is 9.84 Å². The van der Waals surface area contributed by atoms with Gasteiger partial charge in [0.1, 0.15) is 17.3 Å². The number of carboxylic acid groups (broad SMARTS) is 1. The highest BCUT2D eigenvalue weighted by atomic mass is 16.5. The number of carbonyl (C=O) groups is 1. The lowest BCUT2D eigenvalue weighted by molar-refractivity contribution is 0.0691. The van der Waals surface area contributed by atoms with Crippen LogP contribution in [-0.4, -0.2) is 28.2 Å². The smallest absolute Gasteiger partial charge is 0.353 e. The average Bonchev–Trinajstić information content (AvgIpc) is 2.96. The predicted octanol–water partition coefficient (Wildman–Crippen LogP) is 2.86. The molecule has 0 aliphatic rings. The van der Waals surface area contributed by atoms with Crippen LogP contribution in [0.3, 0.4) is 0 Å². The minimum atomic E-state index is -1.01. The van der Waals surface area contributed by atoms with Crippen LogP contribution >= 0.6 is 0 Å². The van der Waals surface area contributed by atoms with Gasteiger partial charge in [-0.1, -0.05) is 24.3 Å². The van der Waals surface area contributed by atoms with Gasteiger partial charge in [-0.05, 0) is 28.5 Å². The highest BCUT2D eigenvalue weighted by molar-refractivity contribution is 5.87. The molecule has 0 atom stereocenters. The molecule has 2 aromatic carbocycles. The summed E-state index contributed by atoms with van der Waals surface area (Å²) in [6.45, 7) is 0. The summed E-state index contributed by atoms with van der Waals surface area (Å²) in [6.07, 6.45) is 1.88. The third-order valence-electron chi connectivity index (χ3n) is 3.40. The Morgan fingerprint density at radius 3 is 2.90 bits per heavy atom. The fourth-order valence-electron chi connectivity index (χ4n) is 2.34. The van der Waals surface area contributed by atoms with Gasteiger partial charge >= 0.3 is 5.97 Å². The van der Waals surface area contributed by atoms with Crippen LogP contribution in [-0.2, 0) is 6.42 Å². The van der Waals surface area contributed by atoms with Gasteiger partial charge in [0.2, 0.25) is 0 Å². The first-order valence-electron chi connectivity index (χ1n) is 6.50. The zero-order chi connectivity index (χ0) is 14.8. The van der Waals surface area contributed by atoms with Gasteiger partial charge in [-0.15, -0.1) is 0 Å². The molecule has 3 aromatic rings. The molecule has 0 amide bonds. The molecule has 0 spiro atoms. The summed E-state index contributed by atoms with van der Waals surface area (Å²) in [5.74, 6) is 0.414.